The minimum atomic E-state index is -3.58. The highest BCUT2D eigenvalue weighted by molar-refractivity contribution is 7.89. The number of fused-ring (bicyclic) bond motifs is 1. The number of hydrogen-bond donors (Lipinski definition) is 0. The molecule has 3 aliphatic heterocycles. The average Bonchev–Trinajstić information content (AvgIpc) is 2.79. The minimum absolute atomic E-state index is 0.00612. The number of hydrogen-bond acceptors (Lipinski definition) is 6. The minimum Gasteiger partial charge on any atom is -0.486 e. The Bertz CT molecular complexity index is 1030. The number of sulfonamides is 1. The molecule has 166 valence electrons. The summed E-state index contributed by atoms with van der Waals surface area (Å²) < 4.78 is 39.8. The molecule has 1 spiro atoms. The van der Waals surface area contributed by atoms with Crippen LogP contribution in [-0.4, -0.2) is 62.0 Å². The van der Waals surface area contributed by atoms with E-state index < -0.39 is 10.0 Å². The van der Waals surface area contributed by atoms with Crippen LogP contribution in [0.5, 0.6) is 11.5 Å². The van der Waals surface area contributed by atoms with Crippen molar-refractivity contribution in [3.05, 3.63) is 48.3 Å². The number of rotatable bonds is 4. The number of aromatic nitrogens is 1. The fraction of sp³-hybridized carbons (Fsp3) is 0.522. The second-order valence-corrected chi connectivity index (χ2v) is 10.8. The van der Waals surface area contributed by atoms with Crippen LogP contribution in [0.15, 0.2) is 47.5 Å². The first-order valence-electron chi connectivity index (χ1n) is 11.1. The standard InChI is InChI=1S/C23H29N3O4S/c27-31(28,20-6-7-21-22(15-20)30-14-13-29-21)26-12-4-9-23(18-26)8-3-11-25(17-23)16-19-5-1-2-10-24-19/h1-2,5-7,10,15H,3-4,8-9,11-14,16-18H2. The zero-order chi connectivity index (χ0) is 21.3. The predicted octanol–water partition coefficient (Wildman–Crippen LogP) is 2.92. The maximum atomic E-state index is 13.5. The third-order valence-electron chi connectivity index (χ3n) is 6.63. The van der Waals surface area contributed by atoms with Crippen LogP contribution < -0.4 is 9.47 Å². The van der Waals surface area contributed by atoms with Crippen LogP contribution in [0.3, 0.4) is 0 Å². The van der Waals surface area contributed by atoms with E-state index in [0.29, 0.717) is 37.8 Å². The van der Waals surface area contributed by atoms with Crippen LogP contribution in [0, 0.1) is 5.41 Å². The maximum Gasteiger partial charge on any atom is 0.243 e. The van der Waals surface area contributed by atoms with Crippen molar-refractivity contribution in [3.8, 4) is 11.5 Å². The molecule has 4 heterocycles. The van der Waals surface area contributed by atoms with Crippen LogP contribution in [0.1, 0.15) is 31.4 Å². The zero-order valence-electron chi connectivity index (χ0n) is 17.7. The Balaban J connectivity index is 1.33. The van der Waals surface area contributed by atoms with Gasteiger partial charge in [0.1, 0.15) is 13.2 Å². The largest absolute Gasteiger partial charge is 0.486 e. The summed E-state index contributed by atoms with van der Waals surface area (Å²) in [5.74, 6) is 1.12. The molecule has 5 rings (SSSR count). The highest BCUT2D eigenvalue weighted by Gasteiger charge is 2.42. The molecule has 2 saturated heterocycles. The molecule has 2 fully saturated rings. The van der Waals surface area contributed by atoms with Crippen molar-refractivity contribution in [3.63, 3.8) is 0 Å². The summed E-state index contributed by atoms with van der Waals surface area (Å²) in [5, 5.41) is 0. The maximum absolute atomic E-state index is 13.5. The monoisotopic (exact) mass is 443 g/mol. The normalized spacial score (nSPS) is 24.9. The van der Waals surface area contributed by atoms with E-state index in [1.807, 2.05) is 18.3 Å². The summed E-state index contributed by atoms with van der Waals surface area (Å²) in [6, 6.07) is 11.0. The van der Waals surface area contributed by atoms with Crippen molar-refractivity contribution < 1.29 is 17.9 Å². The topological polar surface area (TPSA) is 72.0 Å². The van der Waals surface area contributed by atoms with Crippen molar-refractivity contribution >= 4 is 10.0 Å². The van der Waals surface area contributed by atoms with Gasteiger partial charge in [-0.1, -0.05) is 6.07 Å². The van der Waals surface area contributed by atoms with Crippen LogP contribution in [0.4, 0.5) is 0 Å². The van der Waals surface area contributed by atoms with Gasteiger partial charge in [-0.25, -0.2) is 8.42 Å². The molecule has 3 aliphatic rings. The van der Waals surface area contributed by atoms with E-state index in [-0.39, 0.29) is 10.3 Å². The fourth-order valence-corrected chi connectivity index (χ4v) is 6.81. The van der Waals surface area contributed by atoms with E-state index in [2.05, 4.69) is 16.0 Å². The molecular formula is C23H29N3O4S. The van der Waals surface area contributed by atoms with E-state index in [9.17, 15) is 8.42 Å². The molecule has 1 aromatic carbocycles. The number of likely N-dealkylation sites (tertiary alicyclic amines) is 1. The van der Waals surface area contributed by atoms with Crippen molar-refractivity contribution in [2.75, 3.05) is 39.4 Å². The molecule has 0 aliphatic carbocycles. The van der Waals surface area contributed by atoms with Gasteiger partial charge in [0.25, 0.3) is 0 Å². The molecule has 1 aromatic heterocycles. The lowest BCUT2D eigenvalue weighted by Gasteiger charge is -2.48. The Labute approximate surface area is 184 Å². The van der Waals surface area contributed by atoms with Gasteiger partial charge in [-0.3, -0.25) is 9.88 Å². The van der Waals surface area contributed by atoms with Crippen LogP contribution in [0.2, 0.25) is 0 Å². The lowest BCUT2D eigenvalue weighted by molar-refractivity contribution is 0.0356. The van der Waals surface area contributed by atoms with Gasteiger partial charge in [-0.05, 0) is 61.9 Å². The van der Waals surface area contributed by atoms with Crippen LogP contribution >= 0.6 is 0 Å². The Morgan fingerprint density at radius 1 is 0.968 bits per heavy atom. The van der Waals surface area contributed by atoms with Gasteiger partial charge in [0.2, 0.25) is 10.0 Å². The number of pyridine rings is 1. The number of nitrogens with zero attached hydrogens (tertiary/aromatic N) is 3. The lowest BCUT2D eigenvalue weighted by Crippen LogP contribution is -2.53. The molecule has 7 nitrogen and oxygen atoms in total. The third kappa shape index (κ3) is 4.29. The van der Waals surface area contributed by atoms with Gasteiger partial charge in [0, 0.05) is 38.4 Å². The molecule has 0 saturated carbocycles. The van der Waals surface area contributed by atoms with E-state index in [0.717, 1.165) is 51.0 Å². The molecule has 8 heteroatoms. The highest BCUT2D eigenvalue weighted by Crippen LogP contribution is 2.41. The second kappa shape index (κ2) is 8.41. The van der Waals surface area contributed by atoms with Gasteiger partial charge in [0.15, 0.2) is 11.5 Å². The number of benzene rings is 1. The van der Waals surface area contributed by atoms with Gasteiger partial charge < -0.3 is 9.47 Å². The second-order valence-electron chi connectivity index (χ2n) is 8.88. The van der Waals surface area contributed by atoms with E-state index >= 15 is 0 Å². The Morgan fingerprint density at radius 2 is 1.77 bits per heavy atom. The number of piperidine rings is 2. The van der Waals surface area contributed by atoms with E-state index in [4.69, 9.17) is 9.47 Å². The summed E-state index contributed by atoms with van der Waals surface area (Å²) in [7, 11) is -3.58. The molecule has 0 bridgehead atoms. The summed E-state index contributed by atoms with van der Waals surface area (Å²) in [6.07, 6.45) is 5.95. The summed E-state index contributed by atoms with van der Waals surface area (Å²) in [5.41, 5.74) is 1.07. The number of ether oxygens (including phenoxy) is 2. The molecular weight excluding hydrogens is 414 g/mol. The third-order valence-corrected chi connectivity index (χ3v) is 8.47. The summed E-state index contributed by atoms with van der Waals surface area (Å²) >= 11 is 0. The van der Waals surface area contributed by atoms with Crippen molar-refractivity contribution in [1.82, 2.24) is 14.2 Å². The van der Waals surface area contributed by atoms with Crippen LogP contribution in [0.25, 0.3) is 0 Å². The molecule has 0 radical (unpaired) electrons. The molecule has 0 amide bonds. The zero-order valence-corrected chi connectivity index (χ0v) is 18.5. The van der Waals surface area contributed by atoms with E-state index in [1.54, 1.807) is 22.5 Å². The summed E-state index contributed by atoms with van der Waals surface area (Å²) in [4.78, 5) is 7.19. The van der Waals surface area contributed by atoms with Crippen LogP contribution in [-0.2, 0) is 16.6 Å². The molecule has 1 atom stereocenters. The van der Waals surface area contributed by atoms with Gasteiger partial charge in [-0.2, -0.15) is 4.31 Å². The molecule has 0 N–H and O–H groups in total. The van der Waals surface area contributed by atoms with Gasteiger partial charge >= 0.3 is 0 Å². The highest BCUT2D eigenvalue weighted by atomic mass is 32.2. The Kier molecular flexibility index (Phi) is 5.62. The first-order chi connectivity index (χ1) is 15.0. The SMILES string of the molecule is O=S(=O)(c1ccc2c(c1)OCCO2)N1CCCC2(CCCN(Cc3ccccn3)C2)C1. The first kappa shape index (κ1) is 20.7. The van der Waals surface area contributed by atoms with Crippen molar-refractivity contribution in [2.45, 2.75) is 37.1 Å². The molecule has 31 heavy (non-hydrogen) atoms. The molecule has 1 unspecified atom stereocenters. The lowest BCUT2D eigenvalue weighted by atomic mass is 9.74. The smallest absolute Gasteiger partial charge is 0.243 e. The average molecular weight is 444 g/mol. The quantitative estimate of drug-likeness (QED) is 0.724. The summed E-state index contributed by atoms with van der Waals surface area (Å²) in [6.45, 7) is 4.83. The Hall–Kier alpha value is -2.16. The van der Waals surface area contributed by atoms with Crippen molar-refractivity contribution in [1.29, 1.82) is 0 Å². The van der Waals surface area contributed by atoms with Crippen molar-refractivity contribution in [2.24, 2.45) is 5.41 Å². The first-order valence-corrected chi connectivity index (χ1v) is 12.5. The fourth-order valence-electron chi connectivity index (χ4n) is 5.20. The van der Waals surface area contributed by atoms with E-state index in [1.165, 1.54) is 0 Å². The van der Waals surface area contributed by atoms with Gasteiger partial charge in [-0.15, -0.1) is 0 Å². The Morgan fingerprint density at radius 3 is 2.58 bits per heavy atom. The van der Waals surface area contributed by atoms with Gasteiger partial charge in [0.05, 0.1) is 10.6 Å². The predicted molar refractivity (Wildman–Crippen MR) is 117 cm³/mol. The molecule has 2 aromatic rings.